The van der Waals surface area contributed by atoms with E-state index in [0.717, 1.165) is 16.5 Å². The predicted octanol–water partition coefficient (Wildman–Crippen LogP) is 2.31. The molecule has 92 valence electrons. The van der Waals surface area contributed by atoms with Crippen LogP contribution < -0.4 is 5.73 Å². The van der Waals surface area contributed by atoms with E-state index in [0.29, 0.717) is 18.5 Å². The Kier molecular flexibility index (Phi) is 3.66. The summed E-state index contributed by atoms with van der Waals surface area (Å²) in [6, 6.07) is 2.70. The van der Waals surface area contributed by atoms with Gasteiger partial charge in [0.15, 0.2) is 5.96 Å². The maximum absolute atomic E-state index is 5.97. The number of pyridine rings is 1. The lowest BCUT2D eigenvalue weighted by molar-refractivity contribution is 0.268. The van der Waals surface area contributed by atoms with Gasteiger partial charge in [0.1, 0.15) is 0 Å². The Balaban J connectivity index is 2.27. The second kappa shape index (κ2) is 5.04. The van der Waals surface area contributed by atoms with Crippen LogP contribution in [0, 0.1) is 0 Å². The van der Waals surface area contributed by atoms with Crippen LogP contribution >= 0.6 is 15.9 Å². The van der Waals surface area contributed by atoms with E-state index in [1.165, 1.54) is 0 Å². The van der Waals surface area contributed by atoms with Crippen LogP contribution in [0.5, 0.6) is 0 Å². The number of nitrogens with zero attached hydrogens (tertiary/aromatic N) is 3. The Morgan fingerprint density at radius 3 is 3.00 bits per heavy atom. The molecule has 0 amide bonds. The minimum Gasteiger partial charge on any atom is -0.370 e. The molecule has 0 aromatic carbocycles. The Morgan fingerprint density at radius 2 is 2.35 bits per heavy atom. The number of aromatic nitrogens is 1. The molecule has 2 heterocycles. The standard InChI is InChI=1S/C12H17BrN4/c1-3-8(2)17-11(7-16-12(17)14)9-4-10(13)6-15-5-9/h4-6,8,11H,3,7H2,1-2H3,(H2,14,16). The van der Waals surface area contributed by atoms with E-state index >= 15 is 0 Å². The lowest BCUT2D eigenvalue weighted by Crippen LogP contribution is -2.42. The molecule has 4 nitrogen and oxygen atoms in total. The molecule has 0 fully saturated rings. The van der Waals surface area contributed by atoms with Crippen LogP contribution in [-0.4, -0.2) is 28.4 Å². The van der Waals surface area contributed by atoms with Gasteiger partial charge in [-0.3, -0.25) is 9.98 Å². The van der Waals surface area contributed by atoms with Gasteiger partial charge in [-0.25, -0.2) is 0 Å². The van der Waals surface area contributed by atoms with Crippen LogP contribution in [0.15, 0.2) is 27.9 Å². The second-order valence-corrected chi connectivity index (χ2v) is 5.23. The zero-order chi connectivity index (χ0) is 12.4. The van der Waals surface area contributed by atoms with Crippen molar-refractivity contribution in [2.75, 3.05) is 6.54 Å². The largest absolute Gasteiger partial charge is 0.370 e. The third kappa shape index (κ3) is 2.44. The van der Waals surface area contributed by atoms with Crippen LogP contribution in [0.25, 0.3) is 0 Å². The Bertz CT molecular complexity index is 432. The summed E-state index contributed by atoms with van der Waals surface area (Å²) in [4.78, 5) is 10.7. The molecular weight excluding hydrogens is 280 g/mol. The molecule has 2 unspecified atom stereocenters. The fourth-order valence-electron chi connectivity index (χ4n) is 2.12. The fraction of sp³-hybridized carbons (Fsp3) is 0.500. The molecule has 1 aliphatic rings. The van der Waals surface area contributed by atoms with Crippen LogP contribution in [-0.2, 0) is 0 Å². The molecule has 1 aromatic rings. The summed E-state index contributed by atoms with van der Waals surface area (Å²) in [5, 5.41) is 0. The first-order chi connectivity index (χ1) is 8.13. The number of rotatable bonds is 3. The first kappa shape index (κ1) is 12.4. The van der Waals surface area contributed by atoms with Crippen molar-refractivity contribution >= 4 is 21.9 Å². The van der Waals surface area contributed by atoms with Gasteiger partial charge in [-0.05, 0) is 40.9 Å². The van der Waals surface area contributed by atoms with Crippen LogP contribution in [0.3, 0.4) is 0 Å². The van der Waals surface area contributed by atoms with Gasteiger partial charge in [0, 0.05) is 22.9 Å². The molecule has 2 N–H and O–H groups in total. The normalized spacial score (nSPS) is 21.5. The molecule has 0 bridgehead atoms. The first-order valence-electron chi connectivity index (χ1n) is 5.82. The highest BCUT2D eigenvalue weighted by atomic mass is 79.9. The summed E-state index contributed by atoms with van der Waals surface area (Å²) in [5.74, 6) is 0.643. The van der Waals surface area contributed by atoms with Gasteiger partial charge in [-0.1, -0.05) is 6.92 Å². The molecular formula is C12H17BrN4. The third-order valence-electron chi connectivity index (χ3n) is 3.20. The first-order valence-corrected chi connectivity index (χ1v) is 6.61. The topological polar surface area (TPSA) is 54.5 Å². The van der Waals surface area contributed by atoms with Gasteiger partial charge in [-0.15, -0.1) is 0 Å². The van der Waals surface area contributed by atoms with Crippen molar-refractivity contribution in [2.45, 2.75) is 32.4 Å². The quantitative estimate of drug-likeness (QED) is 0.931. The Labute approximate surface area is 110 Å². The zero-order valence-corrected chi connectivity index (χ0v) is 11.7. The molecule has 5 heteroatoms. The molecule has 1 aromatic heterocycles. The lowest BCUT2D eigenvalue weighted by Gasteiger charge is -2.31. The van der Waals surface area contributed by atoms with Gasteiger partial charge in [0.2, 0.25) is 0 Å². The minimum absolute atomic E-state index is 0.218. The molecule has 17 heavy (non-hydrogen) atoms. The molecule has 0 spiro atoms. The van der Waals surface area contributed by atoms with Crippen molar-refractivity contribution in [3.8, 4) is 0 Å². The van der Waals surface area contributed by atoms with Gasteiger partial charge in [0.05, 0.1) is 12.6 Å². The molecule has 1 aliphatic heterocycles. The summed E-state index contributed by atoms with van der Waals surface area (Å²) in [6.07, 6.45) is 4.73. The Morgan fingerprint density at radius 1 is 1.59 bits per heavy atom. The summed E-state index contributed by atoms with van der Waals surface area (Å²) in [5.41, 5.74) is 7.12. The highest BCUT2D eigenvalue weighted by molar-refractivity contribution is 9.10. The van der Waals surface area contributed by atoms with Crippen molar-refractivity contribution < 1.29 is 0 Å². The van der Waals surface area contributed by atoms with Gasteiger partial charge < -0.3 is 10.6 Å². The lowest BCUT2D eigenvalue weighted by atomic mass is 10.1. The number of guanidine groups is 1. The average Bonchev–Trinajstić information content (AvgIpc) is 2.70. The molecule has 0 aliphatic carbocycles. The molecule has 0 radical (unpaired) electrons. The number of aliphatic imine (C=N–C) groups is 1. The summed E-state index contributed by atoms with van der Waals surface area (Å²) >= 11 is 3.45. The maximum atomic E-state index is 5.97. The summed E-state index contributed by atoms with van der Waals surface area (Å²) < 4.78 is 0.990. The van der Waals surface area contributed by atoms with E-state index in [2.05, 4.69) is 50.7 Å². The van der Waals surface area contributed by atoms with E-state index < -0.39 is 0 Å². The zero-order valence-electron chi connectivity index (χ0n) is 10.1. The van der Waals surface area contributed by atoms with Crippen molar-refractivity contribution in [1.29, 1.82) is 0 Å². The van der Waals surface area contributed by atoms with E-state index in [-0.39, 0.29) is 6.04 Å². The van der Waals surface area contributed by atoms with Gasteiger partial charge in [-0.2, -0.15) is 0 Å². The number of hydrogen-bond acceptors (Lipinski definition) is 4. The monoisotopic (exact) mass is 296 g/mol. The van der Waals surface area contributed by atoms with E-state index in [1.807, 2.05) is 6.20 Å². The van der Waals surface area contributed by atoms with Crippen LogP contribution in [0.2, 0.25) is 0 Å². The van der Waals surface area contributed by atoms with E-state index in [1.54, 1.807) is 6.20 Å². The smallest absolute Gasteiger partial charge is 0.192 e. The van der Waals surface area contributed by atoms with Crippen LogP contribution in [0.4, 0.5) is 0 Å². The van der Waals surface area contributed by atoms with Crippen molar-refractivity contribution in [2.24, 2.45) is 10.7 Å². The van der Waals surface area contributed by atoms with Crippen molar-refractivity contribution in [1.82, 2.24) is 9.88 Å². The van der Waals surface area contributed by atoms with Crippen LogP contribution in [0.1, 0.15) is 31.9 Å². The van der Waals surface area contributed by atoms with E-state index in [4.69, 9.17) is 5.73 Å². The van der Waals surface area contributed by atoms with Gasteiger partial charge >= 0.3 is 0 Å². The van der Waals surface area contributed by atoms with Crippen molar-refractivity contribution in [3.63, 3.8) is 0 Å². The minimum atomic E-state index is 0.218. The number of halogens is 1. The number of hydrogen-bond donors (Lipinski definition) is 1. The SMILES string of the molecule is CCC(C)N1C(N)=NCC1c1cncc(Br)c1. The Hall–Kier alpha value is -1.10. The molecule has 0 saturated carbocycles. The van der Waals surface area contributed by atoms with Gasteiger partial charge in [0.25, 0.3) is 0 Å². The predicted molar refractivity (Wildman–Crippen MR) is 72.8 cm³/mol. The highest BCUT2D eigenvalue weighted by Crippen LogP contribution is 2.29. The third-order valence-corrected chi connectivity index (χ3v) is 3.64. The highest BCUT2D eigenvalue weighted by Gasteiger charge is 2.30. The van der Waals surface area contributed by atoms with E-state index in [9.17, 15) is 0 Å². The summed E-state index contributed by atoms with van der Waals surface area (Å²) in [7, 11) is 0. The molecule has 2 rings (SSSR count). The van der Waals surface area contributed by atoms with Crippen molar-refractivity contribution in [3.05, 3.63) is 28.5 Å². The average molecular weight is 297 g/mol. The summed E-state index contributed by atoms with van der Waals surface area (Å²) in [6.45, 7) is 5.05. The second-order valence-electron chi connectivity index (χ2n) is 4.32. The molecule has 2 atom stereocenters. The molecule has 0 saturated heterocycles. The number of nitrogens with two attached hydrogens (primary N) is 1. The fourth-order valence-corrected chi connectivity index (χ4v) is 2.50. The maximum Gasteiger partial charge on any atom is 0.192 e.